The smallest absolute Gasteiger partial charge is 0.241 e. The van der Waals surface area contributed by atoms with E-state index in [1.807, 2.05) is 0 Å². The first-order valence-electron chi connectivity index (χ1n) is 5.11. The number of sulfonamides is 1. The van der Waals surface area contributed by atoms with E-state index in [2.05, 4.69) is 4.72 Å². The fourth-order valence-corrected chi connectivity index (χ4v) is 2.94. The van der Waals surface area contributed by atoms with E-state index in [4.69, 9.17) is 16.3 Å². The monoisotopic (exact) mass is 291 g/mol. The van der Waals surface area contributed by atoms with Gasteiger partial charge in [0.05, 0.1) is 18.6 Å². The van der Waals surface area contributed by atoms with Crippen molar-refractivity contribution in [3.8, 4) is 5.75 Å². The van der Waals surface area contributed by atoms with E-state index in [0.717, 1.165) is 0 Å². The van der Waals surface area contributed by atoms with Crippen LogP contribution in [0, 0.1) is 13.8 Å². The molecular weight excluding hydrogens is 278 g/mol. The second-order valence-corrected chi connectivity index (χ2v) is 5.92. The molecule has 0 bridgehead atoms. The molecule has 1 rings (SSSR count). The molecule has 5 nitrogen and oxygen atoms in total. The van der Waals surface area contributed by atoms with Crippen molar-refractivity contribution in [2.45, 2.75) is 18.7 Å². The Morgan fingerprint density at radius 3 is 2.44 bits per heavy atom. The number of hydrogen-bond donors (Lipinski definition) is 1. The lowest BCUT2D eigenvalue weighted by Crippen LogP contribution is -2.28. The quantitative estimate of drug-likeness (QED) is 0.831. The van der Waals surface area contributed by atoms with Gasteiger partial charge in [-0.15, -0.1) is 0 Å². The molecule has 0 radical (unpaired) electrons. The van der Waals surface area contributed by atoms with Crippen molar-refractivity contribution in [3.05, 3.63) is 23.3 Å². The molecule has 0 heterocycles. The van der Waals surface area contributed by atoms with Crippen LogP contribution in [0.1, 0.15) is 11.1 Å². The van der Waals surface area contributed by atoms with E-state index < -0.39 is 21.8 Å². The van der Waals surface area contributed by atoms with Gasteiger partial charge in [0, 0.05) is 0 Å². The van der Waals surface area contributed by atoms with Gasteiger partial charge >= 0.3 is 0 Å². The van der Waals surface area contributed by atoms with Crippen molar-refractivity contribution in [1.29, 1.82) is 0 Å². The van der Waals surface area contributed by atoms with Crippen LogP contribution >= 0.6 is 11.6 Å². The number of halogens is 1. The first-order valence-corrected chi connectivity index (χ1v) is 6.97. The van der Waals surface area contributed by atoms with E-state index in [1.54, 1.807) is 19.9 Å². The van der Waals surface area contributed by atoms with Gasteiger partial charge in [-0.3, -0.25) is 4.79 Å². The Bertz CT molecular complexity index is 569. The van der Waals surface area contributed by atoms with Crippen molar-refractivity contribution in [3.63, 3.8) is 0 Å². The summed E-state index contributed by atoms with van der Waals surface area (Å²) < 4.78 is 31.1. The second kappa shape index (κ2) is 5.69. The highest BCUT2D eigenvalue weighted by Gasteiger charge is 2.19. The molecule has 1 aromatic carbocycles. The number of carbonyl (C=O) groups is 1. The molecule has 7 heteroatoms. The number of ether oxygens (including phenoxy) is 1. The summed E-state index contributed by atoms with van der Waals surface area (Å²) in [5.41, 5.74) is 1.23. The molecule has 0 aliphatic carbocycles. The highest BCUT2D eigenvalue weighted by Crippen LogP contribution is 2.25. The van der Waals surface area contributed by atoms with Crippen LogP contribution < -0.4 is 9.46 Å². The molecule has 1 N–H and O–H groups in total. The molecule has 0 unspecified atom stereocenters. The lowest BCUT2D eigenvalue weighted by atomic mass is 10.1. The maximum Gasteiger partial charge on any atom is 0.241 e. The topological polar surface area (TPSA) is 72.5 Å². The third-order valence-corrected chi connectivity index (χ3v) is 4.06. The number of methoxy groups -OCH3 is 1. The summed E-state index contributed by atoms with van der Waals surface area (Å²) in [7, 11) is -2.23. The van der Waals surface area contributed by atoms with Gasteiger partial charge in [-0.05, 0) is 48.7 Å². The third kappa shape index (κ3) is 3.44. The molecule has 18 heavy (non-hydrogen) atoms. The first kappa shape index (κ1) is 14.9. The van der Waals surface area contributed by atoms with Crippen LogP contribution in [0.2, 0.25) is 0 Å². The van der Waals surface area contributed by atoms with Crippen molar-refractivity contribution < 1.29 is 17.9 Å². The average Bonchev–Trinajstić information content (AvgIpc) is 2.29. The average molecular weight is 292 g/mol. The highest BCUT2D eigenvalue weighted by molar-refractivity contribution is 7.89. The molecule has 0 atom stereocenters. The van der Waals surface area contributed by atoms with Gasteiger partial charge in [0.2, 0.25) is 15.3 Å². The Balaban J connectivity index is 3.17. The van der Waals surface area contributed by atoms with Gasteiger partial charge in [-0.2, -0.15) is 0 Å². The number of aryl methyl sites for hydroxylation is 2. The number of carbonyl (C=O) groups excluding carboxylic acids is 1. The molecule has 0 aliphatic rings. The minimum absolute atomic E-state index is 0.110. The zero-order valence-electron chi connectivity index (χ0n) is 10.3. The summed E-state index contributed by atoms with van der Waals surface area (Å²) in [6.45, 7) is 2.96. The van der Waals surface area contributed by atoms with Crippen LogP contribution in [-0.4, -0.2) is 27.3 Å². The molecule has 0 spiro atoms. The Morgan fingerprint density at radius 1 is 1.33 bits per heavy atom. The summed E-state index contributed by atoms with van der Waals surface area (Å²) in [5.74, 6) is 0.611. The Kier molecular flexibility index (Phi) is 4.72. The van der Waals surface area contributed by atoms with E-state index in [9.17, 15) is 13.2 Å². The standard InChI is InChI=1S/C11H14ClNO4S/c1-7-5-10(8(2)4-9(7)17-3)18(15,16)13-6-11(12)14/h4-5,13H,6H2,1-3H3. The van der Waals surface area contributed by atoms with E-state index in [0.29, 0.717) is 16.9 Å². The van der Waals surface area contributed by atoms with Crippen LogP contribution in [0.3, 0.4) is 0 Å². The summed E-state index contributed by atoms with van der Waals surface area (Å²) in [4.78, 5) is 10.7. The number of nitrogens with one attached hydrogen (secondary N) is 1. The molecule has 0 aliphatic heterocycles. The normalized spacial score (nSPS) is 11.3. The lowest BCUT2D eigenvalue weighted by molar-refractivity contribution is -0.110. The van der Waals surface area contributed by atoms with Crippen LogP contribution in [0.5, 0.6) is 5.75 Å². The Hall–Kier alpha value is -1.11. The summed E-state index contributed by atoms with van der Waals surface area (Å²) in [5, 5.41) is -0.763. The minimum atomic E-state index is -3.74. The van der Waals surface area contributed by atoms with Crippen LogP contribution in [0.4, 0.5) is 0 Å². The predicted molar refractivity (Wildman–Crippen MR) is 68.5 cm³/mol. The van der Waals surface area contributed by atoms with Crippen LogP contribution in [-0.2, 0) is 14.8 Å². The van der Waals surface area contributed by atoms with Gasteiger partial charge in [-0.1, -0.05) is 0 Å². The molecular formula is C11H14ClNO4S. The third-order valence-electron chi connectivity index (χ3n) is 2.38. The van der Waals surface area contributed by atoms with Crippen molar-refractivity contribution >= 4 is 26.9 Å². The van der Waals surface area contributed by atoms with E-state index in [1.165, 1.54) is 13.2 Å². The zero-order chi connectivity index (χ0) is 13.9. The molecule has 100 valence electrons. The fraction of sp³-hybridized carbons (Fsp3) is 0.364. The molecule has 0 saturated carbocycles. The minimum Gasteiger partial charge on any atom is -0.496 e. The molecule has 0 saturated heterocycles. The van der Waals surface area contributed by atoms with Crippen molar-refractivity contribution in [2.24, 2.45) is 0 Å². The largest absolute Gasteiger partial charge is 0.496 e. The maximum absolute atomic E-state index is 11.9. The molecule has 0 amide bonds. The maximum atomic E-state index is 11.9. The van der Waals surface area contributed by atoms with E-state index >= 15 is 0 Å². The molecule has 0 fully saturated rings. The van der Waals surface area contributed by atoms with Gasteiger partial charge in [-0.25, -0.2) is 13.1 Å². The zero-order valence-corrected chi connectivity index (χ0v) is 11.9. The molecule has 1 aromatic rings. The summed E-state index contributed by atoms with van der Waals surface area (Å²) in [6, 6.07) is 3.13. The van der Waals surface area contributed by atoms with E-state index in [-0.39, 0.29) is 4.90 Å². The predicted octanol–water partition coefficient (Wildman–Crippen LogP) is 1.36. The van der Waals surface area contributed by atoms with Crippen LogP contribution in [0.15, 0.2) is 17.0 Å². The Morgan fingerprint density at radius 2 is 1.94 bits per heavy atom. The number of rotatable bonds is 5. The van der Waals surface area contributed by atoms with Gasteiger partial charge in [0.25, 0.3) is 0 Å². The van der Waals surface area contributed by atoms with Crippen molar-refractivity contribution in [1.82, 2.24) is 4.72 Å². The van der Waals surface area contributed by atoms with Crippen molar-refractivity contribution in [2.75, 3.05) is 13.7 Å². The summed E-state index contributed by atoms with van der Waals surface area (Å²) >= 11 is 5.10. The number of benzene rings is 1. The van der Waals surface area contributed by atoms with Gasteiger partial charge < -0.3 is 4.74 Å². The molecule has 0 aromatic heterocycles. The van der Waals surface area contributed by atoms with Gasteiger partial charge in [0.1, 0.15) is 5.75 Å². The second-order valence-electron chi connectivity index (χ2n) is 3.77. The van der Waals surface area contributed by atoms with Gasteiger partial charge in [0.15, 0.2) is 0 Å². The SMILES string of the molecule is COc1cc(C)c(S(=O)(=O)NCC(=O)Cl)cc1C. The lowest BCUT2D eigenvalue weighted by Gasteiger charge is -2.12. The highest BCUT2D eigenvalue weighted by atomic mass is 35.5. The number of hydrogen-bond acceptors (Lipinski definition) is 4. The first-order chi connectivity index (χ1) is 8.27. The Labute approximate surface area is 111 Å². The fourth-order valence-electron chi connectivity index (χ4n) is 1.50. The van der Waals surface area contributed by atoms with Crippen LogP contribution in [0.25, 0.3) is 0 Å². The summed E-state index contributed by atoms with van der Waals surface area (Å²) in [6.07, 6.45) is 0.